The molecular weight excluding hydrogens is 436 g/mol. The molecule has 29 heavy (non-hydrogen) atoms. The van der Waals surface area contributed by atoms with Crippen LogP contribution in [0.25, 0.3) is 11.2 Å². The van der Waals surface area contributed by atoms with Crippen LogP contribution >= 0.6 is 15.9 Å². The number of fused-ring (bicyclic) bond motifs is 1. The predicted molar refractivity (Wildman–Crippen MR) is 115 cm³/mol. The van der Waals surface area contributed by atoms with Crippen molar-refractivity contribution in [3.63, 3.8) is 0 Å². The average molecular weight is 455 g/mol. The van der Waals surface area contributed by atoms with Crippen molar-refractivity contribution < 1.29 is 4.74 Å². The molecule has 0 saturated heterocycles. The molecule has 0 bridgehead atoms. The minimum Gasteiger partial charge on any atom is -0.425 e. The monoisotopic (exact) mass is 454 g/mol. The first-order chi connectivity index (χ1) is 13.8. The van der Waals surface area contributed by atoms with E-state index in [0.717, 1.165) is 20.2 Å². The molecule has 0 amide bonds. The normalized spacial score (nSPS) is 11.2. The lowest BCUT2D eigenvalue weighted by atomic mass is 10.1. The van der Waals surface area contributed by atoms with Gasteiger partial charge in [0, 0.05) is 18.6 Å². The number of aromatic nitrogens is 4. The van der Waals surface area contributed by atoms with Gasteiger partial charge >= 0.3 is 11.7 Å². The SMILES string of the molecule is Cc1cccc(Cn2c(=O)n(C)c(=O)c3c2nc(Oc2ccc(Br)cc2)n3C)c1. The summed E-state index contributed by atoms with van der Waals surface area (Å²) >= 11 is 3.39. The Labute approximate surface area is 174 Å². The summed E-state index contributed by atoms with van der Waals surface area (Å²) in [5.74, 6) is 0.580. The molecule has 0 aliphatic carbocycles. The molecule has 4 aromatic rings. The zero-order valence-corrected chi connectivity index (χ0v) is 17.8. The molecule has 0 aliphatic heterocycles. The molecule has 0 aliphatic rings. The van der Waals surface area contributed by atoms with E-state index >= 15 is 0 Å². The molecular formula is C21H19BrN4O3. The van der Waals surface area contributed by atoms with Crippen molar-refractivity contribution in [1.29, 1.82) is 0 Å². The van der Waals surface area contributed by atoms with Gasteiger partial charge in [-0.2, -0.15) is 4.98 Å². The van der Waals surface area contributed by atoms with Crippen LogP contribution in [0.15, 0.2) is 62.6 Å². The fourth-order valence-electron chi connectivity index (χ4n) is 3.24. The summed E-state index contributed by atoms with van der Waals surface area (Å²) in [6, 6.07) is 15.4. The van der Waals surface area contributed by atoms with Crippen LogP contribution in [0.1, 0.15) is 11.1 Å². The molecule has 0 radical (unpaired) electrons. The Morgan fingerprint density at radius 3 is 2.45 bits per heavy atom. The minimum atomic E-state index is -0.419. The number of ether oxygens (including phenoxy) is 1. The molecule has 0 N–H and O–H groups in total. The van der Waals surface area contributed by atoms with Gasteiger partial charge < -0.3 is 4.74 Å². The third-order valence-corrected chi connectivity index (χ3v) is 5.29. The van der Waals surface area contributed by atoms with Gasteiger partial charge in [-0.25, -0.2) is 4.79 Å². The lowest BCUT2D eigenvalue weighted by Gasteiger charge is -2.09. The van der Waals surface area contributed by atoms with Crippen molar-refractivity contribution in [3.05, 3.63) is 85.0 Å². The fourth-order valence-corrected chi connectivity index (χ4v) is 3.51. The Morgan fingerprint density at radius 1 is 1.03 bits per heavy atom. The number of halogens is 1. The standard InChI is InChI=1S/C21H19BrN4O3/c1-13-5-4-6-14(11-13)12-26-18-17(19(27)25(3)21(26)28)24(2)20(23-18)29-16-9-7-15(22)8-10-16/h4-11H,12H2,1-3H3. The fraction of sp³-hybridized carbons (Fsp3) is 0.190. The highest BCUT2D eigenvalue weighted by Crippen LogP contribution is 2.24. The van der Waals surface area contributed by atoms with E-state index in [-0.39, 0.29) is 6.01 Å². The number of nitrogens with zero attached hydrogens (tertiary/aromatic N) is 4. The lowest BCUT2D eigenvalue weighted by molar-refractivity contribution is 0.427. The van der Waals surface area contributed by atoms with Crippen LogP contribution in [0.3, 0.4) is 0 Å². The van der Waals surface area contributed by atoms with Crippen molar-refractivity contribution in [2.45, 2.75) is 13.5 Å². The first kappa shape index (κ1) is 19.2. The lowest BCUT2D eigenvalue weighted by Crippen LogP contribution is -2.38. The zero-order valence-electron chi connectivity index (χ0n) is 16.2. The third kappa shape index (κ3) is 3.51. The van der Waals surface area contributed by atoms with Crippen LogP contribution in [0.2, 0.25) is 0 Å². The summed E-state index contributed by atoms with van der Waals surface area (Å²) in [6.45, 7) is 2.30. The van der Waals surface area contributed by atoms with Gasteiger partial charge in [-0.1, -0.05) is 45.8 Å². The molecule has 4 rings (SSSR count). The summed E-state index contributed by atoms with van der Waals surface area (Å²) in [4.78, 5) is 30.1. The number of imidazole rings is 1. The van der Waals surface area contributed by atoms with Crippen LogP contribution in [0.4, 0.5) is 0 Å². The smallest absolute Gasteiger partial charge is 0.332 e. The Bertz CT molecular complexity index is 1330. The van der Waals surface area contributed by atoms with Crippen molar-refractivity contribution in [1.82, 2.24) is 18.7 Å². The van der Waals surface area contributed by atoms with Gasteiger partial charge in [0.15, 0.2) is 11.2 Å². The van der Waals surface area contributed by atoms with Gasteiger partial charge in [-0.3, -0.25) is 18.5 Å². The number of benzene rings is 2. The van der Waals surface area contributed by atoms with Gasteiger partial charge in [-0.15, -0.1) is 0 Å². The van der Waals surface area contributed by atoms with Crippen LogP contribution in [0, 0.1) is 6.92 Å². The Kier molecular flexibility index (Phi) is 4.87. The molecule has 148 valence electrons. The third-order valence-electron chi connectivity index (χ3n) is 4.76. The number of hydrogen-bond donors (Lipinski definition) is 0. The summed E-state index contributed by atoms with van der Waals surface area (Å²) < 4.78 is 11.0. The second-order valence-corrected chi connectivity index (χ2v) is 7.82. The van der Waals surface area contributed by atoms with Crippen LogP contribution < -0.4 is 16.0 Å². The quantitative estimate of drug-likeness (QED) is 0.473. The van der Waals surface area contributed by atoms with E-state index in [1.54, 1.807) is 23.7 Å². The van der Waals surface area contributed by atoms with Crippen LogP contribution in [0.5, 0.6) is 11.8 Å². The maximum Gasteiger partial charge on any atom is 0.332 e. The Hall–Kier alpha value is -3.13. The Balaban J connectivity index is 1.88. The van der Waals surface area contributed by atoms with Gasteiger partial charge in [0.1, 0.15) is 5.75 Å². The van der Waals surface area contributed by atoms with E-state index in [0.29, 0.717) is 23.5 Å². The maximum atomic E-state index is 12.8. The highest BCUT2D eigenvalue weighted by molar-refractivity contribution is 9.10. The molecule has 2 heterocycles. The van der Waals surface area contributed by atoms with Crippen molar-refractivity contribution in [2.24, 2.45) is 14.1 Å². The molecule has 0 saturated carbocycles. The van der Waals surface area contributed by atoms with E-state index in [9.17, 15) is 9.59 Å². The van der Waals surface area contributed by atoms with Crippen molar-refractivity contribution in [3.8, 4) is 11.8 Å². The van der Waals surface area contributed by atoms with E-state index < -0.39 is 11.2 Å². The topological polar surface area (TPSA) is 71.1 Å². The second kappa shape index (κ2) is 7.36. The number of hydrogen-bond acceptors (Lipinski definition) is 4. The first-order valence-corrected chi connectivity index (χ1v) is 9.79. The summed E-state index contributed by atoms with van der Waals surface area (Å²) in [5, 5.41) is 0. The largest absolute Gasteiger partial charge is 0.425 e. The molecule has 0 spiro atoms. The summed E-state index contributed by atoms with van der Waals surface area (Å²) in [6.07, 6.45) is 0. The zero-order chi connectivity index (χ0) is 20.7. The van der Waals surface area contributed by atoms with Gasteiger partial charge in [0.2, 0.25) is 0 Å². The molecule has 7 nitrogen and oxygen atoms in total. The van der Waals surface area contributed by atoms with Crippen molar-refractivity contribution in [2.75, 3.05) is 0 Å². The van der Waals surface area contributed by atoms with Crippen molar-refractivity contribution >= 4 is 27.1 Å². The molecule has 0 atom stereocenters. The van der Waals surface area contributed by atoms with Gasteiger partial charge in [-0.05, 0) is 36.8 Å². The van der Waals surface area contributed by atoms with E-state index in [4.69, 9.17) is 4.74 Å². The number of rotatable bonds is 4. The molecule has 2 aromatic heterocycles. The molecule has 0 fully saturated rings. The summed E-state index contributed by atoms with van der Waals surface area (Å²) in [7, 11) is 3.17. The Morgan fingerprint density at radius 2 is 1.76 bits per heavy atom. The molecule has 2 aromatic carbocycles. The van der Waals surface area contributed by atoms with E-state index in [1.165, 1.54) is 11.6 Å². The van der Waals surface area contributed by atoms with Gasteiger partial charge in [0.25, 0.3) is 5.56 Å². The highest BCUT2D eigenvalue weighted by Gasteiger charge is 2.20. The summed E-state index contributed by atoms with van der Waals surface area (Å²) in [5.41, 5.74) is 1.83. The van der Waals surface area contributed by atoms with Gasteiger partial charge in [0.05, 0.1) is 6.54 Å². The minimum absolute atomic E-state index is 0.239. The van der Waals surface area contributed by atoms with E-state index in [2.05, 4.69) is 20.9 Å². The first-order valence-electron chi connectivity index (χ1n) is 9.00. The maximum absolute atomic E-state index is 12.8. The van der Waals surface area contributed by atoms with E-state index in [1.807, 2.05) is 43.3 Å². The predicted octanol–water partition coefficient (Wildman–Crippen LogP) is 3.35. The highest BCUT2D eigenvalue weighted by atomic mass is 79.9. The second-order valence-electron chi connectivity index (χ2n) is 6.90. The number of aryl methyl sites for hydroxylation is 2. The molecule has 0 unspecified atom stereocenters. The van der Waals surface area contributed by atoms with Crippen LogP contribution in [-0.2, 0) is 20.6 Å². The average Bonchev–Trinajstić information content (AvgIpc) is 3.01. The van der Waals surface area contributed by atoms with Crippen LogP contribution in [-0.4, -0.2) is 18.7 Å². The molecule has 8 heteroatoms.